The monoisotopic (exact) mass is 287 g/mol. The molecule has 0 unspecified atom stereocenters. The minimum atomic E-state index is 0.891. The van der Waals surface area contributed by atoms with Crippen LogP contribution in [0.15, 0.2) is 30.3 Å². The Morgan fingerprint density at radius 2 is 2.15 bits per heavy atom. The zero-order valence-corrected chi connectivity index (χ0v) is 12.7. The van der Waals surface area contributed by atoms with E-state index in [9.17, 15) is 0 Å². The molecule has 0 amide bonds. The molecule has 1 aliphatic heterocycles. The molecule has 0 bridgehead atoms. The van der Waals surface area contributed by atoms with Crippen molar-refractivity contribution in [2.45, 2.75) is 25.9 Å². The molecule has 1 N–H and O–H groups in total. The number of hydrogen-bond acceptors (Lipinski definition) is 4. The number of fused-ring (bicyclic) bond motifs is 1. The van der Waals surface area contributed by atoms with Gasteiger partial charge in [0.05, 0.1) is 5.69 Å². The van der Waals surface area contributed by atoms with Crippen molar-refractivity contribution in [1.29, 1.82) is 0 Å². The van der Waals surface area contributed by atoms with Gasteiger partial charge in [0.25, 0.3) is 0 Å². The molecule has 0 radical (unpaired) electrons. The minimum absolute atomic E-state index is 0.891. The molecule has 3 nitrogen and oxygen atoms in total. The van der Waals surface area contributed by atoms with Crippen LogP contribution in [-0.2, 0) is 25.9 Å². The van der Waals surface area contributed by atoms with Crippen LogP contribution in [0.5, 0.6) is 0 Å². The van der Waals surface area contributed by atoms with Gasteiger partial charge in [-0.25, -0.2) is 4.98 Å². The standard InChI is InChI=1S/C16H21N3S/c1-17-11-16-18-14-8-10-19(12-15(14)20-16)9-7-13-5-3-2-4-6-13/h2-6,17H,7-12H2,1H3. The molecule has 0 spiro atoms. The highest BCUT2D eigenvalue weighted by atomic mass is 32.1. The van der Waals surface area contributed by atoms with Gasteiger partial charge >= 0.3 is 0 Å². The largest absolute Gasteiger partial charge is 0.314 e. The Morgan fingerprint density at radius 1 is 1.30 bits per heavy atom. The van der Waals surface area contributed by atoms with Crippen molar-refractivity contribution in [3.63, 3.8) is 0 Å². The summed E-state index contributed by atoms with van der Waals surface area (Å²) in [6.07, 6.45) is 2.24. The third kappa shape index (κ3) is 3.26. The maximum atomic E-state index is 4.72. The molecule has 0 atom stereocenters. The Labute approximate surface area is 124 Å². The summed E-state index contributed by atoms with van der Waals surface area (Å²) in [6.45, 7) is 4.25. The summed E-state index contributed by atoms with van der Waals surface area (Å²) in [7, 11) is 1.98. The summed E-state index contributed by atoms with van der Waals surface area (Å²) in [4.78, 5) is 8.74. The highest BCUT2D eigenvalue weighted by Gasteiger charge is 2.20. The van der Waals surface area contributed by atoms with Crippen LogP contribution in [0.2, 0.25) is 0 Å². The van der Waals surface area contributed by atoms with Crippen molar-refractivity contribution >= 4 is 11.3 Å². The fourth-order valence-corrected chi connectivity index (χ4v) is 3.82. The second-order valence-electron chi connectivity index (χ2n) is 5.27. The van der Waals surface area contributed by atoms with Crippen molar-refractivity contribution < 1.29 is 0 Å². The zero-order valence-electron chi connectivity index (χ0n) is 11.9. The number of thiazole rings is 1. The number of nitrogens with zero attached hydrogens (tertiary/aromatic N) is 2. The van der Waals surface area contributed by atoms with Crippen molar-refractivity contribution in [3.05, 3.63) is 51.5 Å². The van der Waals surface area contributed by atoms with Crippen LogP contribution in [-0.4, -0.2) is 30.0 Å². The molecule has 1 aromatic heterocycles. The average Bonchev–Trinajstić information content (AvgIpc) is 2.88. The fraction of sp³-hybridized carbons (Fsp3) is 0.438. The van der Waals surface area contributed by atoms with Crippen LogP contribution in [0, 0.1) is 0 Å². The van der Waals surface area contributed by atoms with E-state index >= 15 is 0 Å². The summed E-state index contributed by atoms with van der Waals surface area (Å²) in [6, 6.07) is 10.8. The van der Waals surface area contributed by atoms with Crippen molar-refractivity contribution in [3.8, 4) is 0 Å². The lowest BCUT2D eigenvalue weighted by Crippen LogP contribution is -2.31. The maximum absolute atomic E-state index is 4.72. The van der Waals surface area contributed by atoms with Crippen molar-refractivity contribution in [1.82, 2.24) is 15.2 Å². The number of aromatic nitrogens is 1. The highest BCUT2D eigenvalue weighted by molar-refractivity contribution is 7.11. The lowest BCUT2D eigenvalue weighted by molar-refractivity contribution is 0.259. The van der Waals surface area contributed by atoms with Crippen LogP contribution in [0.3, 0.4) is 0 Å². The SMILES string of the molecule is CNCc1nc2c(s1)CN(CCc1ccccc1)CC2. The van der Waals surface area contributed by atoms with E-state index in [1.807, 2.05) is 18.4 Å². The van der Waals surface area contributed by atoms with Crippen LogP contribution in [0.25, 0.3) is 0 Å². The molecule has 106 valence electrons. The Morgan fingerprint density at radius 3 is 2.95 bits per heavy atom. The van der Waals surface area contributed by atoms with Gasteiger partial charge in [0.2, 0.25) is 0 Å². The fourth-order valence-electron chi connectivity index (χ4n) is 2.65. The number of hydrogen-bond donors (Lipinski definition) is 1. The zero-order chi connectivity index (χ0) is 13.8. The number of benzene rings is 1. The molecule has 2 heterocycles. The molecule has 1 aliphatic rings. The quantitative estimate of drug-likeness (QED) is 0.915. The van der Waals surface area contributed by atoms with Crippen LogP contribution in [0.4, 0.5) is 0 Å². The predicted octanol–water partition coefficient (Wildman–Crippen LogP) is 2.46. The summed E-state index contributed by atoms with van der Waals surface area (Å²) in [5.41, 5.74) is 2.76. The molecule has 0 fully saturated rings. The molecule has 4 heteroatoms. The lowest BCUT2D eigenvalue weighted by Gasteiger charge is -2.25. The maximum Gasteiger partial charge on any atom is 0.107 e. The van der Waals surface area contributed by atoms with Gasteiger partial charge in [0.15, 0.2) is 0 Å². The molecule has 0 saturated heterocycles. The molecular weight excluding hydrogens is 266 g/mol. The molecule has 0 aliphatic carbocycles. The summed E-state index contributed by atoms with van der Waals surface area (Å²) >= 11 is 1.87. The summed E-state index contributed by atoms with van der Waals surface area (Å²) in [5, 5.41) is 4.41. The van der Waals surface area contributed by atoms with Crippen LogP contribution >= 0.6 is 11.3 Å². The Bertz CT molecular complexity index is 550. The van der Waals surface area contributed by atoms with E-state index in [1.165, 1.54) is 21.1 Å². The van der Waals surface area contributed by atoms with Gasteiger partial charge in [-0.15, -0.1) is 11.3 Å². The van der Waals surface area contributed by atoms with Crippen molar-refractivity contribution in [2.24, 2.45) is 0 Å². The van der Waals surface area contributed by atoms with Gasteiger partial charge in [-0.05, 0) is 19.0 Å². The second-order valence-corrected chi connectivity index (χ2v) is 6.44. The van der Waals surface area contributed by atoms with Gasteiger partial charge in [-0.3, -0.25) is 4.90 Å². The smallest absolute Gasteiger partial charge is 0.107 e. The first-order chi connectivity index (χ1) is 9.85. The molecule has 1 aromatic carbocycles. The third-order valence-corrected chi connectivity index (χ3v) is 4.82. The van der Waals surface area contributed by atoms with Crippen LogP contribution in [0.1, 0.15) is 21.1 Å². The lowest BCUT2D eigenvalue weighted by atomic mass is 10.1. The summed E-state index contributed by atoms with van der Waals surface area (Å²) in [5.74, 6) is 0. The van der Waals surface area contributed by atoms with E-state index in [2.05, 4.69) is 40.5 Å². The van der Waals surface area contributed by atoms with E-state index in [1.54, 1.807) is 0 Å². The Kier molecular flexibility index (Phi) is 4.45. The van der Waals surface area contributed by atoms with E-state index < -0.39 is 0 Å². The topological polar surface area (TPSA) is 28.2 Å². The number of nitrogens with one attached hydrogen (secondary N) is 1. The number of rotatable bonds is 5. The molecule has 3 rings (SSSR count). The van der Waals surface area contributed by atoms with Gasteiger partial charge in [0, 0.05) is 37.5 Å². The van der Waals surface area contributed by atoms with E-state index in [4.69, 9.17) is 4.98 Å². The predicted molar refractivity (Wildman–Crippen MR) is 84.0 cm³/mol. The van der Waals surface area contributed by atoms with Gasteiger partial charge in [0.1, 0.15) is 5.01 Å². The van der Waals surface area contributed by atoms with Gasteiger partial charge in [-0.1, -0.05) is 30.3 Å². The first-order valence-corrected chi connectivity index (χ1v) is 8.05. The van der Waals surface area contributed by atoms with Gasteiger partial charge < -0.3 is 5.32 Å². The highest BCUT2D eigenvalue weighted by Crippen LogP contribution is 2.25. The van der Waals surface area contributed by atoms with E-state index in [0.29, 0.717) is 0 Å². The molecular formula is C16H21N3S. The average molecular weight is 287 g/mol. The minimum Gasteiger partial charge on any atom is -0.314 e. The Hall–Kier alpha value is -1.23. The molecule has 0 saturated carbocycles. The normalized spacial score (nSPS) is 15.2. The van der Waals surface area contributed by atoms with Crippen LogP contribution < -0.4 is 5.32 Å². The molecule has 20 heavy (non-hydrogen) atoms. The first-order valence-electron chi connectivity index (χ1n) is 7.23. The first kappa shape index (κ1) is 13.7. The molecule has 2 aromatic rings. The third-order valence-electron chi connectivity index (χ3n) is 3.74. The second kappa shape index (κ2) is 6.48. The summed E-state index contributed by atoms with van der Waals surface area (Å²) < 4.78 is 0. The Balaban J connectivity index is 1.58. The van der Waals surface area contributed by atoms with E-state index in [-0.39, 0.29) is 0 Å². The van der Waals surface area contributed by atoms with Crippen molar-refractivity contribution in [2.75, 3.05) is 20.1 Å². The van der Waals surface area contributed by atoms with Gasteiger partial charge in [-0.2, -0.15) is 0 Å². The van der Waals surface area contributed by atoms with E-state index in [0.717, 1.165) is 39.0 Å².